The van der Waals surface area contributed by atoms with E-state index in [2.05, 4.69) is 4.74 Å². The van der Waals surface area contributed by atoms with Gasteiger partial charge in [0, 0.05) is 13.0 Å². The second kappa shape index (κ2) is 7.63. The quantitative estimate of drug-likeness (QED) is 0.767. The van der Waals surface area contributed by atoms with Crippen LogP contribution < -0.4 is 0 Å². The van der Waals surface area contributed by atoms with E-state index < -0.39 is 0 Å². The molecule has 1 rings (SSSR count). The Kier molecular flexibility index (Phi) is 6.04. The van der Waals surface area contributed by atoms with Gasteiger partial charge >= 0.3 is 5.97 Å². The predicted molar refractivity (Wildman–Crippen MR) is 67.5 cm³/mol. The van der Waals surface area contributed by atoms with E-state index in [9.17, 15) is 4.79 Å². The molecule has 17 heavy (non-hydrogen) atoms. The average molecular weight is 234 g/mol. The molecular weight excluding hydrogens is 216 g/mol. The summed E-state index contributed by atoms with van der Waals surface area (Å²) in [6, 6.07) is 7.91. The van der Waals surface area contributed by atoms with Crippen LogP contribution in [0.15, 0.2) is 30.3 Å². The van der Waals surface area contributed by atoms with Crippen LogP contribution in [0.3, 0.4) is 0 Å². The first-order valence-corrected chi connectivity index (χ1v) is 5.70. The zero-order chi connectivity index (χ0) is 12.5. The number of aliphatic hydroxyl groups excluding tert-OH is 1. The fourth-order valence-corrected chi connectivity index (χ4v) is 1.55. The van der Waals surface area contributed by atoms with Gasteiger partial charge in [0.15, 0.2) is 0 Å². The standard InChI is InChI=1S/C14H18O3/c1-17-14(16)10-9-13-7-3-2-6-12(13)8-4-5-11-15/h2-4,6-8,15H,5,9-11H2,1H3. The van der Waals surface area contributed by atoms with Gasteiger partial charge < -0.3 is 9.84 Å². The van der Waals surface area contributed by atoms with Crippen LogP contribution in [0.1, 0.15) is 24.0 Å². The molecule has 0 aliphatic heterocycles. The zero-order valence-corrected chi connectivity index (χ0v) is 10.1. The smallest absolute Gasteiger partial charge is 0.305 e. The Morgan fingerprint density at radius 1 is 1.41 bits per heavy atom. The van der Waals surface area contributed by atoms with Crippen molar-refractivity contribution in [3.8, 4) is 0 Å². The van der Waals surface area contributed by atoms with E-state index >= 15 is 0 Å². The van der Waals surface area contributed by atoms with Gasteiger partial charge in [0.05, 0.1) is 7.11 Å². The van der Waals surface area contributed by atoms with Crippen molar-refractivity contribution in [3.63, 3.8) is 0 Å². The van der Waals surface area contributed by atoms with Crippen LogP contribution in [-0.2, 0) is 16.0 Å². The third kappa shape index (κ3) is 4.83. The van der Waals surface area contributed by atoms with Crippen molar-refractivity contribution >= 4 is 12.0 Å². The van der Waals surface area contributed by atoms with Crippen LogP contribution >= 0.6 is 0 Å². The maximum atomic E-state index is 11.1. The Morgan fingerprint density at radius 2 is 2.18 bits per heavy atom. The molecule has 0 saturated heterocycles. The van der Waals surface area contributed by atoms with Crippen molar-refractivity contribution in [2.45, 2.75) is 19.3 Å². The van der Waals surface area contributed by atoms with Crippen LogP contribution in [0.2, 0.25) is 0 Å². The Morgan fingerprint density at radius 3 is 2.88 bits per heavy atom. The van der Waals surface area contributed by atoms with E-state index in [1.807, 2.05) is 36.4 Å². The van der Waals surface area contributed by atoms with Crippen molar-refractivity contribution < 1.29 is 14.6 Å². The van der Waals surface area contributed by atoms with Gasteiger partial charge in [-0.05, 0) is 24.0 Å². The van der Waals surface area contributed by atoms with E-state index in [1.54, 1.807) is 0 Å². The molecule has 0 unspecified atom stereocenters. The predicted octanol–water partition coefficient (Wildman–Crippen LogP) is 2.19. The monoisotopic (exact) mass is 234 g/mol. The largest absolute Gasteiger partial charge is 0.469 e. The van der Waals surface area contributed by atoms with Crippen LogP contribution in [0.4, 0.5) is 0 Å². The number of esters is 1. The lowest BCUT2D eigenvalue weighted by Crippen LogP contribution is -2.02. The SMILES string of the molecule is COC(=O)CCc1ccccc1C=CCCO. The third-order valence-electron chi connectivity index (χ3n) is 2.47. The summed E-state index contributed by atoms with van der Waals surface area (Å²) >= 11 is 0. The highest BCUT2D eigenvalue weighted by molar-refractivity contribution is 5.69. The summed E-state index contributed by atoms with van der Waals surface area (Å²) in [4.78, 5) is 11.1. The van der Waals surface area contributed by atoms with Gasteiger partial charge in [-0.25, -0.2) is 0 Å². The Bertz CT molecular complexity index is 383. The lowest BCUT2D eigenvalue weighted by atomic mass is 10.0. The Labute approximate surface area is 102 Å². The highest BCUT2D eigenvalue weighted by atomic mass is 16.5. The number of aliphatic hydroxyl groups is 1. The second-order valence-corrected chi connectivity index (χ2v) is 3.69. The van der Waals surface area contributed by atoms with E-state index in [-0.39, 0.29) is 12.6 Å². The minimum absolute atomic E-state index is 0.154. The maximum Gasteiger partial charge on any atom is 0.305 e. The number of carbonyl (C=O) groups is 1. The first-order chi connectivity index (χ1) is 8.27. The molecule has 0 saturated carbocycles. The molecule has 0 aromatic heterocycles. The molecule has 92 valence electrons. The number of aryl methyl sites for hydroxylation is 1. The number of methoxy groups -OCH3 is 1. The number of benzene rings is 1. The van der Waals surface area contributed by atoms with Crippen LogP contribution in [0, 0.1) is 0 Å². The minimum Gasteiger partial charge on any atom is -0.469 e. The Balaban J connectivity index is 2.67. The molecule has 0 atom stereocenters. The third-order valence-corrected chi connectivity index (χ3v) is 2.47. The molecular formula is C14H18O3. The molecule has 0 bridgehead atoms. The summed E-state index contributed by atoms with van der Waals surface area (Å²) in [5, 5.41) is 8.71. The van der Waals surface area contributed by atoms with Crippen LogP contribution in [0.5, 0.6) is 0 Å². The lowest BCUT2D eigenvalue weighted by molar-refractivity contribution is -0.140. The van der Waals surface area contributed by atoms with E-state index in [1.165, 1.54) is 7.11 Å². The van der Waals surface area contributed by atoms with Crippen molar-refractivity contribution in [3.05, 3.63) is 41.5 Å². The molecule has 0 spiro atoms. The summed E-state index contributed by atoms with van der Waals surface area (Å²) in [6.45, 7) is 0.154. The van der Waals surface area contributed by atoms with Gasteiger partial charge in [0.1, 0.15) is 0 Å². The molecule has 0 aliphatic carbocycles. The number of hydrogen-bond acceptors (Lipinski definition) is 3. The fraction of sp³-hybridized carbons (Fsp3) is 0.357. The lowest BCUT2D eigenvalue weighted by Gasteiger charge is -2.05. The molecule has 0 radical (unpaired) electrons. The first kappa shape index (κ1) is 13.5. The first-order valence-electron chi connectivity index (χ1n) is 5.70. The summed E-state index contributed by atoms with van der Waals surface area (Å²) < 4.78 is 4.62. The summed E-state index contributed by atoms with van der Waals surface area (Å²) in [6.07, 6.45) is 5.61. The van der Waals surface area contributed by atoms with Gasteiger partial charge in [-0.1, -0.05) is 36.4 Å². The van der Waals surface area contributed by atoms with Gasteiger partial charge in [-0.15, -0.1) is 0 Å². The molecule has 3 heteroatoms. The van der Waals surface area contributed by atoms with Gasteiger partial charge in [-0.3, -0.25) is 4.79 Å². The molecule has 3 nitrogen and oxygen atoms in total. The van der Waals surface area contributed by atoms with Gasteiger partial charge in [0.2, 0.25) is 0 Å². The average Bonchev–Trinajstić information content (AvgIpc) is 2.37. The highest BCUT2D eigenvalue weighted by Crippen LogP contribution is 2.13. The Hall–Kier alpha value is -1.61. The van der Waals surface area contributed by atoms with E-state index in [0.717, 1.165) is 11.1 Å². The summed E-state index contributed by atoms with van der Waals surface area (Å²) in [5.74, 6) is -0.195. The molecule has 0 aliphatic rings. The van der Waals surface area contributed by atoms with Crippen LogP contribution in [-0.4, -0.2) is 24.8 Å². The summed E-state index contributed by atoms with van der Waals surface area (Å²) in [7, 11) is 1.40. The van der Waals surface area contributed by atoms with Gasteiger partial charge in [-0.2, -0.15) is 0 Å². The molecule has 1 aromatic carbocycles. The minimum atomic E-state index is -0.195. The molecule has 1 aromatic rings. The van der Waals surface area contributed by atoms with Crippen molar-refractivity contribution in [2.75, 3.05) is 13.7 Å². The fourth-order valence-electron chi connectivity index (χ4n) is 1.55. The molecule has 0 fully saturated rings. The molecule has 0 amide bonds. The van der Waals surface area contributed by atoms with E-state index in [0.29, 0.717) is 19.3 Å². The van der Waals surface area contributed by atoms with Crippen molar-refractivity contribution in [1.29, 1.82) is 0 Å². The van der Waals surface area contributed by atoms with Crippen molar-refractivity contribution in [1.82, 2.24) is 0 Å². The van der Waals surface area contributed by atoms with Crippen molar-refractivity contribution in [2.24, 2.45) is 0 Å². The number of hydrogen-bond donors (Lipinski definition) is 1. The zero-order valence-electron chi connectivity index (χ0n) is 10.1. The maximum absolute atomic E-state index is 11.1. The summed E-state index contributed by atoms with van der Waals surface area (Å²) in [5.41, 5.74) is 2.21. The highest BCUT2D eigenvalue weighted by Gasteiger charge is 2.03. The normalized spacial score (nSPS) is 10.7. The number of ether oxygens (including phenoxy) is 1. The topological polar surface area (TPSA) is 46.5 Å². The van der Waals surface area contributed by atoms with E-state index in [4.69, 9.17) is 5.11 Å². The van der Waals surface area contributed by atoms with Gasteiger partial charge in [0.25, 0.3) is 0 Å². The molecule has 1 N–H and O–H groups in total. The molecule has 0 heterocycles. The number of rotatable bonds is 6. The second-order valence-electron chi connectivity index (χ2n) is 3.69. The number of carbonyl (C=O) groups excluding carboxylic acids is 1. The van der Waals surface area contributed by atoms with Crippen LogP contribution in [0.25, 0.3) is 6.08 Å².